The normalized spacial score (nSPS) is 20.0. The predicted octanol–water partition coefficient (Wildman–Crippen LogP) is 2.57. The lowest BCUT2D eigenvalue weighted by Gasteiger charge is -2.28. The van der Waals surface area contributed by atoms with Crippen LogP contribution in [-0.2, 0) is 9.53 Å². The first-order valence-corrected chi connectivity index (χ1v) is 10.1. The van der Waals surface area contributed by atoms with Gasteiger partial charge in [-0.3, -0.25) is 4.79 Å². The second-order valence-electron chi connectivity index (χ2n) is 7.09. The van der Waals surface area contributed by atoms with Gasteiger partial charge in [-0.2, -0.15) is 0 Å². The molecular formula is C20H24ClN5O2. The molecule has 2 saturated heterocycles. The first-order chi connectivity index (χ1) is 13.7. The van der Waals surface area contributed by atoms with E-state index >= 15 is 0 Å². The van der Waals surface area contributed by atoms with Crippen molar-refractivity contribution < 1.29 is 9.53 Å². The first-order valence-electron chi connectivity index (χ1n) is 9.68. The lowest BCUT2D eigenvalue weighted by molar-refractivity contribution is -0.120. The average molecular weight is 402 g/mol. The molecule has 0 spiro atoms. The molecule has 28 heavy (non-hydrogen) atoms. The summed E-state index contributed by atoms with van der Waals surface area (Å²) in [5.74, 6) is 0.860. The van der Waals surface area contributed by atoms with Crippen molar-refractivity contribution in [1.29, 1.82) is 0 Å². The molecular weight excluding hydrogens is 378 g/mol. The monoisotopic (exact) mass is 401 g/mol. The van der Waals surface area contributed by atoms with Gasteiger partial charge in [-0.15, -0.1) is 0 Å². The second-order valence-corrected chi connectivity index (χ2v) is 7.43. The summed E-state index contributed by atoms with van der Waals surface area (Å²) in [6, 6.07) is 9.62. The Morgan fingerprint density at radius 2 is 2.11 bits per heavy atom. The van der Waals surface area contributed by atoms with Crippen LogP contribution in [0.25, 0.3) is 11.3 Å². The number of halogens is 1. The van der Waals surface area contributed by atoms with E-state index in [1.165, 1.54) is 0 Å². The topological polar surface area (TPSA) is 79.4 Å². The van der Waals surface area contributed by atoms with E-state index in [1.807, 2.05) is 30.3 Å². The fourth-order valence-electron chi connectivity index (χ4n) is 3.58. The highest BCUT2D eigenvalue weighted by Gasteiger charge is 2.21. The van der Waals surface area contributed by atoms with Gasteiger partial charge in [0, 0.05) is 37.0 Å². The Morgan fingerprint density at radius 1 is 1.25 bits per heavy atom. The average Bonchev–Trinajstić information content (AvgIpc) is 2.75. The number of piperidine rings is 1. The summed E-state index contributed by atoms with van der Waals surface area (Å²) in [7, 11) is 0. The molecule has 2 aliphatic heterocycles. The molecule has 0 unspecified atom stereocenters. The van der Waals surface area contributed by atoms with Crippen LogP contribution in [0.3, 0.4) is 0 Å². The Balaban J connectivity index is 1.53. The molecule has 1 aromatic heterocycles. The quantitative estimate of drug-likeness (QED) is 0.766. The van der Waals surface area contributed by atoms with Crippen molar-refractivity contribution in [1.82, 2.24) is 15.3 Å². The van der Waals surface area contributed by atoms with Crippen LogP contribution in [0.1, 0.15) is 12.8 Å². The van der Waals surface area contributed by atoms with Crippen LogP contribution in [0.2, 0.25) is 5.28 Å². The molecule has 8 heteroatoms. The van der Waals surface area contributed by atoms with Crippen LogP contribution in [0.5, 0.6) is 0 Å². The van der Waals surface area contributed by atoms with Crippen molar-refractivity contribution in [2.24, 2.45) is 5.92 Å². The van der Waals surface area contributed by atoms with Gasteiger partial charge in [-0.25, -0.2) is 9.97 Å². The number of amides is 1. The highest BCUT2D eigenvalue weighted by atomic mass is 35.5. The fourth-order valence-corrected chi connectivity index (χ4v) is 3.76. The van der Waals surface area contributed by atoms with Crippen LogP contribution >= 0.6 is 11.6 Å². The van der Waals surface area contributed by atoms with E-state index in [2.05, 4.69) is 25.5 Å². The summed E-state index contributed by atoms with van der Waals surface area (Å²) in [6.07, 6.45) is 1.95. The number of ether oxygens (including phenoxy) is 1. The van der Waals surface area contributed by atoms with Gasteiger partial charge in [-0.05, 0) is 43.1 Å². The molecule has 0 radical (unpaired) electrons. The number of hydrogen-bond donors (Lipinski definition) is 2. The molecule has 2 N–H and O–H groups in total. The molecule has 3 heterocycles. The summed E-state index contributed by atoms with van der Waals surface area (Å²) in [5.41, 5.74) is 2.38. The van der Waals surface area contributed by atoms with Crippen LogP contribution in [0, 0.1) is 5.92 Å². The zero-order chi connectivity index (χ0) is 19.3. The van der Waals surface area contributed by atoms with Gasteiger partial charge >= 0.3 is 0 Å². The van der Waals surface area contributed by atoms with E-state index in [9.17, 15) is 4.79 Å². The molecule has 148 valence electrons. The number of anilines is 2. The van der Waals surface area contributed by atoms with Crippen LogP contribution in [0.4, 0.5) is 11.5 Å². The van der Waals surface area contributed by atoms with Crippen molar-refractivity contribution in [2.45, 2.75) is 12.8 Å². The molecule has 0 bridgehead atoms. The van der Waals surface area contributed by atoms with E-state index in [4.69, 9.17) is 16.3 Å². The smallest absolute Gasteiger partial charge is 0.228 e. The second kappa shape index (κ2) is 8.86. The minimum atomic E-state index is 0.0128. The van der Waals surface area contributed by atoms with E-state index in [0.29, 0.717) is 13.2 Å². The molecule has 1 atom stereocenters. The molecule has 0 aliphatic carbocycles. The summed E-state index contributed by atoms with van der Waals surface area (Å²) in [5, 5.41) is 6.52. The maximum Gasteiger partial charge on any atom is 0.228 e. The molecule has 7 nitrogen and oxygen atoms in total. The van der Waals surface area contributed by atoms with Crippen molar-refractivity contribution in [3.05, 3.63) is 35.6 Å². The van der Waals surface area contributed by atoms with Crippen molar-refractivity contribution in [3.8, 4) is 11.3 Å². The van der Waals surface area contributed by atoms with Gasteiger partial charge in [0.25, 0.3) is 0 Å². The molecule has 1 aromatic carbocycles. The summed E-state index contributed by atoms with van der Waals surface area (Å²) in [6.45, 7) is 4.62. The zero-order valence-electron chi connectivity index (χ0n) is 15.7. The van der Waals surface area contributed by atoms with Gasteiger partial charge in [0.15, 0.2) is 0 Å². The Kier molecular flexibility index (Phi) is 6.04. The molecule has 2 aliphatic rings. The molecule has 2 aromatic rings. The van der Waals surface area contributed by atoms with Crippen molar-refractivity contribution >= 4 is 29.0 Å². The maximum atomic E-state index is 12.5. The van der Waals surface area contributed by atoms with Crippen molar-refractivity contribution in [2.75, 3.05) is 49.6 Å². The van der Waals surface area contributed by atoms with Crippen LogP contribution in [0.15, 0.2) is 30.3 Å². The highest BCUT2D eigenvalue weighted by molar-refractivity contribution is 6.28. The summed E-state index contributed by atoms with van der Waals surface area (Å²) in [4.78, 5) is 23.4. The molecule has 1 amide bonds. The maximum absolute atomic E-state index is 12.5. The van der Waals surface area contributed by atoms with E-state index in [1.54, 1.807) is 0 Å². The summed E-state index contributed by atoms with van der Waals surface area (Å²) < 4.78 is 5.41. The number of nitrogens with one attached hydrogen (secondary N) is 2. The molecule has 2 fully saturated rings. The number of benzene rings is 1. The third kappa shape index (κ3) is 4.60. The Bertz CT molecular complexity index is 835. The third-order valence-electron chi connectivity index (χ3n) is 5.11. The molecule has 4 rings (SSSR count). The number of carbonyl (C=O) groups is 1. The van der Waals surface area contributed by atoms with Gasteiger partial charge in [-0.1, -0.05) is 12.1 Å². The number of nitrogens with zero attached hydrogens (tertiary/aromatic N) is 3. The van der Waals surface area contributed by atoms with Gasteiger partial charge < -0.3 is 20.3 Å². The van der Waals surface area contributed by atoms with Crippen molar-refractivity contribution in [3.63, 3.8) is 0 Å². The lowest BCUT2D eigenvalue weighted by atomic mass is 9.98. The first kappa shape index (κ1) is 19.1. The van der Waals surface area contributed by atoms with Crippen LogP contribution in [-0.4, -0.2) is 55.3 Å². The summed E-state index contributed by atoms with van der Waals surface area (Å²) >= 11 is 6.19. The molecule has 0 saturated carbocycles. The van der Waals surface area contributed by atoms with Gasteiger partial charge in [0.1, 0.15) is 5.82 Å². The number of morpholine rings is 1. The predicted molar refractivity (Wildman–Crippen MR) is 110 cm³/mol. The standard InChI is InChI=1S/C20H24ClN5O2/c21-20-24-17(12-18(25-20)26-7-9-28-10-8-26)14-3-1-5-16(11-14)23-19(27)15-4-2-6-22-13-15/h1,3,5,11-12,15,22H,2,4,6-10,13H2,(H,23,27)/t15-/m1/s1. The largest absolute Gasteiger partial charge is 0.378 e. The van der Waals surface area contributed by atoms with Gasteiger partial charge in [0.05, 0.1) is 24.8 Å². The number of hydrogen-bond acceptors (Lipinski definition) is 6. The minimum Gasteiger partial charge on any atom is -0.378 e. The fraction of sp³-hybridized carbons (Fsp3) is 0.450. The Hall–Kier alpha value is -2.22. The highest BCUT2D eigenvalue weighted by Crippen LogP contribution is 2.26. The Morgan fingerprint density at radius 3 is 2.89 bits per heavy atom. The number of aromatic nitrogens is 2. The minimum absolute atomic E-state index is 0.0128. The van der Waals surface area contributed by atoms with E-state index < -0.39 is 0 Å². The number of rotatable bonds is 4. The Labute approximate surface area is 169 Å². The number of carbonyl (C=O) groups excluding carboxylic acids is 1. The third-order valence-corrected chi connectivity index (χ3v) is 5.28. The zero-order valence-corrected chi connectivity index (χ0v) is 16.4. The van der Waals surface area contributed by atoms with Crippen LogP contribution < -0.4 is 15.5 Å². The van der Waals surface area contributed by atoms with E-state index in [-0.39, 0.29) is 17.1 Å². The lowest BCUT2D eigenvalue weighted by Crippen LogP contribution is -2.37. The van der Waals surface area contributed by atoms with Gasteiger partial charge in [0.2, 0.25) is 11.2 Å². The SMILES string of the molecule is O=C(Nc1cccc(-c2cc(N3CCOCC3)nc(Cl)n2)c1)[C@@H]1CCCNC1. The van der Waals surface area contributed by atoms with E-state index in [0.717, 1.165) is 61.8 Å².